The van der Waals surface area contributed by atoms with Gasteiger partial charge < -0.3 is 19.7 Å². The zero-order chi connectivity index (χ0) is 17.8. The number of hydrogen-bond acceptors (Lipinski definition) is 4. The SMILES string of the molecule is C/C1=C/C[C@@H](O)[C@@]2(C)CC[C@@](C(C)C)(C[C@@H](O)[C@]3(C)CC[C@H]1O3)O2. The summed E-state index contributed by atoms with van der Waals surface area (Å²) < 4.78 is 12.8. The van der Waals surface area contributed by atoms with Crippen molar-refractivity contribution in [3.05, 3.63) is 11.6 Å². The van der Waals surface area contributed by atoms with Crippen LogP contribution < -0.4 is 0 Å². The van der Waals surface area contributed by atoms with Crippen molar-refractivity contribution in [3.8, 4) is 0 Å². The smallest absolute Gasteiger partial charge is 0.0924 e. The predicted molar refractivity (Wildman–Crippen MR) is 93.8 cm³/mol. The number of hydrogen-bond donors (Lipinski definition) is 2. The van der Waals surface area contributed by atoms with Gasteiger partial charge in [-0.2, -0.15) is 0 Å². The van der Waals surface area contributed by atoms with Gasteiger partial charge in [0.25, 0.3) is 0 Å². The zero-order valence-electron chi connectivity index (χ0n) is 15.8. The van der Waals surface area contributed by atoms with E-state index >= 15 is 0 Å². The van der Waals surface area contributed by atoms with Crippen molar-refractivity contribution in [1.29, 1.82) is 0 Å². The Bertz CT molecular complexity index is 516. The first-order chi connectivity index (χ1) is 11.1. The lowest BCUT2D eigenvalue weighted by Crippen LogP contribution is -2.50. The highest BCUT2D eigenvalue weighted by Crippen LogP contribution is 2.49. The maximum atomic E-state index is 11.0. The first kappa shape index (κ1) is 18.4. The van der Waals surface area contributed by atoms with E-state index in [0.717, 1.165) is 31.3 Å². The number of aliphatic hydroxyl groups is 2. The van der Waals surface area contributed by atoms with E-state index in [4.69, 9.17) is 9.47 Å². The van der Waals surface area contributed by atoms with Crippen molar-refractivity contribution in [2.75, 3.05) is 0 Å². The van der Waals surface area contributed by atoms with Gasteiger partial charge in [-0.25, -0.2) is 0 Å². The summed E-state index contributed by atoms with van der Waals surface area (Å²) in [6, 6.07) is 0. The van der Waals surface area contributed by atoms with E-state index < -0.39 is 29.0 Å². The van der Waals surface area contributed by atoms with Gasteiger partial charge in [-0.15, -0.1) is 0 Å². The molecule has 3 aliphatic heterocycles. The Morgan fingerprint density at radius 3 is 2.46 bits per heavy atom. The molecule has 0 amide bonds. The van der Waals surface area contributed by atoms with Crippen LogP contribution in [-0.4, -0.2) is 45.3 Å². The molecule has 4 nitrogen and oxygen atoms in total. The van der Waals surface area contributed by atoms with Crippen molar-refractivity contribution < 1.29 is 19.7 Å². The largest absolute Gasteiger partial charge is 0.390 e. The maximum Gasteiger partial charge on any atom is 0.0924 e. The van der Waals surface area contributed by atoms with Crippen molar-refractivity contribution in [1.82, 2.24) is 0 Å². The molecule has 3 rings (SSSR count). The number of ether oxygens (including phenoxy) is 2. The van der Waals surface area contributed by atoms with E-state index in [9.17, 15) is 10.2 Å². The topological polar surface area (TPSA) is 58.9 Å². The highest BCUT2D eigenvalue weighted by atomic mass is 16.5. The first-order valence-electron chi connectivity index (χ1n) is 9.51. The Morgan fingerprint density at radius 2 is 1.79 bits per heavy atom. The Kier molecular flexibility index (Phi) is 4.66. The second kappa shape index (κ2) is 6.08. The highest BCUT2D eigenvalue weighted by molar-refractivity contribution is 5.13. The Morgan fingerprint density at radius 1 is 1.08 bits per heavy atom. The third-order valence-corrected chi connectivity index (χ3v) is 6.97. The zero-order valence-corrected chi connectivity index (χ0v) is 15.8. The van der Waals surface area contributed by atoms with E-state index in [0.29, 0.717) is 12.8 Å². The monoisotopic (exact) mass is 338 g/mol. The predicted octanol–water partition coefficient (Wildman–Crippen LogP) is 3.35. The van der Waals surface area contributed by atoms with E-state index in [1.54, 1.807) is 0 Å². The minimum Gasteiger partial charge on any atom is -0.390 e. The third-order valence-electron chi connectivity index (χ3n) is 6.97. The van der Waals surface area contributed by atoms with Crippen LogP contribution in [0.4, 0.5) is 0 Å². The normalized spacial score (nSPS) is 51.8. The van der Waals surface area contributed by atoms with Gasteiger partial charge in [-0.3, -0.25) is 0 Å². The minimum atomic E-state index is -0.559. The summed E-state index contributed by atoms with van der Waals surface area (Å²) in [4.78, 5) is 0. The summed E-state index contributed by atoms with van der Waals surface area (Å²) in [5.74, 6) is 0.280. The van der Waals surface area contributed by atoms with Crippen LogP contribution in [-0.2, 0) is 9.47 Å². The Balaban J connectivity index is 1.98. The molecular formula is C20H34O4. The Hall–Kier alpha value is -0.420. The average Bonchev–Trinajstić information content (AvgIpc) is 3.08. The van der Waals surface area contributed by atoms with Crippen molar-refractivity contribution in [3.63, 3.8) is 0 Å². The van der Waals surface area contributed by atoms with Crippen molar-refractivity contribution in [2.24, 2.45) is 5.92 Å². The molecule has 0 aliphatic carbocycles. The summed E-state index contributed by atoms with van der Waals surface area (Å²) in [5.41, 5.74) is -0.289. The molecule has 2 N–H and O–H groups in total. The van der Waals surface area contributed by atoms with Crippen LogP contribution >= 0.6 is 0 Å². The fraction of sp³-hybridized carbons (Fsp3) is 0.900. The molecule has 4 heteroatoms. The molecule has 6 atom stereocenters. The number of fused-ring (bicyclic) bond motifs is 4. The van der Waals surface area contributed by atoms with Gasteiger partial charge in [-0.05, 0) is 64.4 Å². The van der Waals surface area contributed by atoms with E-state index in [-0.39, 0.29) is 12.0 Å². The van der Waals surface area contributed by atoms with Crippen LogP contribution in [0.25, 0.3) is 0 Å². The van der Waals surface area contributed by atoms with Crippen LogP contribution in [0, 0.1) is 5.92 Å². The van der Waals surface area contributed by atoms with E-state index in [1.165, 1.54) is 0 Å². The molecule has 2 fully saturated rings. The van der Waals surface area contributed by atoms with Crippen LogP contribution in [0.3, 0.4) is 0 Å². The molecule has 0 aromatic rings. The fourth-order valence-electron chi connectivity index (χ4n) is 4.69. The van der Waals surface area contributed by atoms with Crippen LogP contribution in [0.15, 0.2) is 11.6 Å². The summed E-state index contributed by atoms with van der Waals surface area (Å²) >= 11 is 0. The summed E-state index contributed by atoms with van der Waals surface area (Å²) in [6.45, 7) is 10.4. The van der Waals surface area contributed by atoms with Gasteiger partial charge in [0, 0.05) is 6.42 Å². The first-order valence-corrected chi connectivity index (χ1v) is 9.51. The average molecular weight is 338 g/mol. The maximum absolute atomic E-state index is 11.0. The molecule has 4 bridgehead atoms. The summed E-state index contributed by atoms with van der Waals surface area (Å²) in [7, 11) is 0. The van der Waals surface area contributed by atoms with Gasteiger partial charge in [0.15, 0.2) is 0 Å². The van der Waals surface area contributed by atoms with Crippen molar-refractivity contribution in [2.45, 2.75) is 108 Å². The standard InChI is InChI=1S/C20H34O4/c1-13(2)20-11-10-19(5,24-20)16(21)7-6-14(3)15-8-9-18(4,23-15)17(22)12-20/h6,13,15-17,21-22H,7-12H2,1-5H3/b14-6-/t15-,16-,17-,18+,19-,20+/m1/s1. The molecule has 0 spiro atoms. The van der Waals surface area contributed by atoms with Gasteiger partial charge in [-0.1, -0.05) is 19.9 Å². The van der Waals surface area contributed by atoms with Crippen LogP contribution in [0.5, 0.6) is 0 Å². The second-order valence-corrected chi connectivity index (χ2v) is 9.01. The molecule has 3 heterocycles. The molecule has 0 aromatic heterocycles. The highest BCUT2D eigenvalue weighted by Gasteiger charge is 2.54. The van der Waals surface area contributed by atoms with Crippen molar-refractivity contribution >= 4 is 0 Å². The molecule has 138 valence electrons. The molecule has 0 saturated carbocycles. The lowest BCUT2D eigenvalue weighted by Gasteiger charge is -2.42. The van der Waals surface area contributed by atoms with Gasteiger partial charge in [0.2, 0.25) is 0 Å². The van der Waals surface area contributed by atoms with Gasteiger partial charge in [0.1, 0.15) is 0 Å². The fourth-order valence-corrected chi connectivity index (χ4v) is 4.69. The van der Waals surface area contributed by atoms with Crippen LogP contribution in [0.2, 0.25) is 0 Å². The third kappa shape index (κ3) is 2.96. The molecule has 0 aromatic carbocycles. The molecule has 0 radical (unpaired) electrons. The lowest BCUT2D eigenvalue weighted by molar-refractivity contribution is -0.190. The number of aliphatic hydroxyl groups excluding tert-OH is 2. The minimum absolute atomic E-state index is 0.0534. The van der Waals surface area contributed by atoms with Crippen LogP contribution in [0.1, 0.15) is 73.1 Å². The lowest BCUT2D eigenvalue weighted by atomic mass is 9.78. The second-order valence-electron chi connectivity index (χ2n) is 9.01. The summed E-state index contributed by atoms with van der Waals surface area (Å²) in [6.07, 6.45) is 5.71. The van der Waals surface area contributed by atoms with E-state index in [1.807, 2.05) is 13.8 Å². The molecular weight excluding hydrogens is 304 g/mol. The van der Waals surface area contributed by atoms with Gasteiger partial charge in [0.05, 0.1) is 35.1 Å². The Labute approximate surface area is 146 Å². The molecule has 2 saturated heterocycles. The number of rotatable bonds is 1. The quantitative estimate of drug-likeness (QED) is 0.720. The molecule has 3 aliphatic rings. The summed E-state index contributed by atoms with van der Waals surface area (Å²) in [5, 5.41) is 21.8. The van der Waals surface area contributed by atoms with Gasteiger partial charge >= 0.3 is 0 Å². The molecule has 24 heavy (non-hydrogen) atoms. The molecule has 0 unspecified atom stereocenters. The van der Waals surface area contributed by atoms with E-state index in [2.05, 4.69) is 26.8 Å².